The second-order valence-electron chi connectivity index (χ2n) is 6.99. The number of hydrogen-bond acceptors (Lipinski definition) is 2. The third-order valence-corrected chi connectivity index (χ3v) is 5.19. The maximum Gasteiger partial charge on any atom is 0.0498 e. The molecule has 126 valence electrons. The molecule has 1 N–H and O–H groups in total. The van der Waals surface area contributed by atoms with Crippen LogP contribution in [0.5, 0.6) is 0 Å². The molecule has 1 aliphatic carbocycles. The Hall–Kier alpha value is -2.61. The molecule has 0 aromatic heterocycles. The normalized spacial score (nSPS) is 18.4. The van der Waals surface area contributed by atoms with Crippen LogP contribution >= 0.6 is 0 Å². The summed E-state index contributed by atoms with van der Waals surface area (Å²) in [5.74, 6) is 0.824. The molecule has 0 bridgehead atoms. The Morgan fingerprint density at radius 2 is 1.84 bits per heavy atom. The lowest BCUT2D eigenvalue weighted by atomic mass is 9.82. The molecule has 2 aliphatic rings. The fraction of sp³-hybridized carbons (Fsp3) is 0.261. The Morgan fingerprint density at radius 3 is 2.60 bits per heavy atom. The zero-order chi connectivity index (χ0) is 17.1. The molecule has 2 nitrogen and oxygen atoms in total. The van der Waals surface area contributed by atoms with Gasteiger partial charge in [-0.3, -0.25) is 4.99 Å². The standard InChI is InChI=1S/C19H18.C4H6N2/c1-13-6-7-15-9-10-17-16-5-3-2-4-14(16)8-11-18(17)19(15)12-13;1-2-6-4-3-5-1/h2-5,8-11,13H,6-7,12H2,1H3;1-3,6H,4H2/t13-;/m1./s1. The van der Waals surface area contributed by atoms with Crippen LogP contribution < -0.4 is 5.32 Å². The topological polar surface area (TPSA) is 24.4 Å². The minimum atomic E-state index is 0.824. The summed E-state index contributed by atoms with van der Waals surface area (Å²) in [7, 11) is 0. The van der Waals surface area contributed by atoms with Crippen LogP contribution in [0.1, 0.15) is 24.5 Å². The summed E-state index contributed by atoms with van der Waals surface area (Å²) in [6.45, 7) is 3.25. The smallest absolute Gasteiger partial charge is 0.0498 e. The number of aliphatic imine (C=N–C) groups is 1. The van der Waals surface area contributed by atoms with Crippen LogP contribution in [-0.2, 0) is 12.8 Å². The molecule has 1 aliphatic heterocycles. The second kappa shape index (κ2) is 7.10. The van der Waals surface area contributed by atoms with Crippen molar-refractivity contribution in [3.8, 4) is 0 Å². The molecule has 3 aromatic rings. The summed E-state index contributed by atoms with van der Waals surface area (Å²) in [5, 5.41) is 8.59. The molecule has 2 heteroatoms. The lowest BCUT2D eigenvalue weighted by Gasteiger charge is -2.23. The molecule has 3 aromatic carbocycles. The van der Waals surface area contributed by atoms with E-state index in [0.717, 1.165) is 12.5 Å². The van der Waals surface area contributed by atoms with Crippen LogP contribution in [0.4, 0.5) is 0 Å². The van der Waals surface area contributed by atoms with Crippen LogP contribution in [0.15, 0.2) is 65.9 Å². The third-order valence-electron chi connectivity index (χ3n) is 5.19. The molecule has 1 heterocycles. The summed E-state index contributed by atoms with van der Waals surface area (Å²) in [6.07, 6.45) is 9.19. The fourth-order valence-corrected chi connectivity index (χ4v) is 3.85. The number of rotatable bonds is 0. The maximum absolute atomic E-state index is 3.81. The van der Waals surface area contributed by atoms with Gasteiger partial charge < -0.3 is 5.32 Å². The number of nitrogens with zero attached hydrogens (tertiary/aromatic N) is 1. The van der Waals surface area contributed by atoms with Crippen LogP contribution in [0.2, 0.25) is 0 Å². The molecule has 0 amide bonds. The highest BCUT2D eigenvalue weighted by Crippen LogP contribution is 2.34. The van der Waals surface area contributed by atoms with E-state index in [0.29, 0.717) is 0 Å². The zero-order valence-electron chi connectivity index (χ0n) is 14.7. The van der Waals surface area contributed by atoms with Crippen molar-refractivity contribution in [1.29, 1.82) is 0 Å². The Labute approximate surface area is 149 Å². The SMILES string of the molecule is C1=CNCC=N1.C[C@@H]1CCc2ccc3c(ccc4ccccc43)c2C1. The van der Waals surface area contributed by atoms with Gasteiger partial charge in [-0.2, -0.15) is 0 Å². The van der Waals surface area contributed by atoms with E-state index in [1.54, 1.807) is 17.3 Å². The quantitative estimate of drug-likeness (QED) is 0.560. The number of nitrogens with one attached hydrogen (secondary N) is 1. The highest BCUT2D eigenvalue weighted by molar-refractivity contribution is 6.08. The van der Waals surface area contributed by atoms with Crippen molar-refractivity contribution in [2.45, 2.75) is 26.2 Å². The molecule has 1 atom stereocenters. The first-order valence-corrected chi connectivity index (χ1v) is 9.15. The molecular weight excluding hydrogens is 304 g/mol. The first-order valence-electron chi connectivity index (χ1n) is 9.15. The van der Waals surface area contributed by atoms with Crippen molar-refractivity contribution in [2.75, 3.05) is 6.54 Å². The van der Waals surface area contributed by atoms with Gasteiger partial charge in [0.1, 0.15) is 0 Å². The summed E-state index contributed by atoms with van der Waals surface area (Å²) >= 11 is 0. The molecular formula is C23H24N2. The van der Waals surface area contributed by atoms with Crippen LogP contribution in [-0.4, -0.2) is 12.8 Å². The Balaban J connectivity index is 0.000000223. The third kappa shape index (κ3) is 3.30. The van der Waals surface area contributed by atoms with Gasteiger partial charge in [-0.1, -0.05) is 55.5 Å². The first-order chi connectivity index (χ1) is 12.3. The summed E-state index contributed by atoms with van der Waals surface area (Å²) in [4.78, 5) is 3.81. The van der Waals surface area contributed by atoms with E-state index in [9.17, 15) is 0 Å². The Kier molecular flexibility index (Phi) is 4.51. The van der Waals surface area contributed by atoms with Crippen molar-refractivity contribution in [1.82, 2.24) is 5.32 Å². The zero-order valence-corrected chi connectivity index (χ0v) is 14.7. The number of benzene rings is 3. The predicted octanol–water partition coefficient (Wildman–Crippen LogP) is 5.25. The second-order valence-corrected chi connectivity index (χ2v) is 6.99. The Morgan fingerprint density at radius 1 is 0.960 bits per heavy atom. The van der Waals surface area contributed by atoms with Gasteiger partial charge in [-0.05, 0) is 57.9 Å². The lowest BCUT2D eigenvalue weighted by Crippen LogP contribution is -2.11. The monoisotopic (exact) mass is 328 g/mol. The average molecular weight is 328 g/mol. The van der Waals surface area contributed by atoms with E-state index in [1.165, 1.54) is 40.8 Å². The van der Waals surface area contributed by atoms with Crippen molar-refractivity contribution in [3.63, 3.8) is 0 Å². The average Bonchev–Trinajstić information content (AvgIpc) is 2.69. The van der Waals surface area contributed by atoms with E-state index < -0.39 is 0 Å². The van der Waals surface area contributed by atoms with Gasteiger partial charge in [-0.25, -0.2) is 0 Å². The van der Waals surface area contributed by atoms with Gasteiger partial charge in [-0.15, -0.1) is 0 Å². The van der Waals surface area contributed by atoms with Crippen LogP contribution in [0.3, 0.4) is 0 Å². The maximum atomic E-state index is 3.81. The van der Waals surface area contributed by atoms with E-state index in [1.807, 2.05) is 12.4 Å². The van der Waals surface area contributed by atoms with E-state index in [-0.39, 0.29) is 0 Å². The minimum Gasteiger partial charge on any atom is -0.385 e. The van der Waals surface area contributed by atoms with Crippen LogP contribution in [0, 0.1) is 5.92 Å². The molecule has 0 radical (unpaired) electrons. The van der Waals surface area contributed by atoms with Crippen molar-refractivity contribution >= 4 is 27.8 Å². The number of hydrogen-bond donors (Lipinski definition) is 1. The molecule has 0 saturated heterocycles. The highest BCUT2D eigenvalue weighted by Gasteiger charge is 2.17. The van der Waals surface area contributed by atoms with Crippen LogP contribution in [0.25, 0.3) is 21.5 Å². The first kappa shape index (κ1) is 15.9. The van der Waals surface area contributed by atoms with E-state index >= 15 is 0 Å². The number of fused-ring (bicyclic) bond motifs is 5. The summed E-state index contributed by atoms with van der Waals surface area (Å²) in [5.41, 5.74) is 3.17. The molecule has 0 spiro atoms. The van der Waals surface area contributed by atoms with E-state index in [4.69, 9.17) is 0 Å². The van der Waals surface area contributed by atoms with E-state index in [2.05, 4.69) is 65.8 Å². The molecule has 0 fully saturated rings. The van der Waals surface area contributed by atoms with Gasteiger partial charge >= 0.3 is 0 Å². The molecule has 0 unspecified atom stereocenters. The van der Waals surface area contributed by atoms with Gasteiger partial charge in [0.15, 0.2) is 0 Å². The minimum absolute atomic E-state index is 0.824. The van der Waals surface area contributed by atoms with Gasteiger partial charge in [0, 0.05) is 25.2 Å². The highest BCUT2D eigenvalue weighted by atomic mass is 14.9. The molecule has 0 saturated carbocycles. The van der Waals surface area contributed by atoms with Crippen molar-refractivity contribution < 1.29 is 0 Å². The Bertz CT molecular complexity index is 941. The van der Waals surface area contributed by atoms with Gasteiger partial charge in [0.2, 0.25) is 0 Å². The van der Waals surface area contributed by atoms with Crippen molar-refractivity contribution in [2.24, 2.45) is 10.9 Å². The van der Waals surface area contributed by atoms with Gasteiger partial charge in [0.05, 0.1) is 0 Å². The lowest BCUT2D eigenvalue weighted by molar-refractivity contribution is 0.504. The fourth-order valence-electron chi connectivity index (χ4n) is 3.85. The summed E-state index contributed by atoms with van der Waals surface area (Å²) < 4.78 is 0. The number of aryl methyl sites for hydroxylation is 1. The largest absolute Gasteiger partial charge is 0.385 e. The summed E-state index contributed by atoms with van der Waals surface area (Å²) in [6, 6.07) is 18.0. The molecule has 5 rings (SSSR count). The van der Waals surface area contributed by atoms with Gasteiger partial charge in [0.25, 0.3) is 0 Å². The predicted molar refractivity (Wildman–Crippen MR) is 108 cm³/mol. The van der Waals surface area contributed by atoms with Crippen molar-refractivity contribution in [3.05, 3.63) is 72.1 Å². The molecule has 25 heavy (non-hydrogen) atoms.